The lowest BCUT2D eigenvalue weighted by atomic mass is 9.48. The number of ether oxygens (including phenoxy) is 1. The standard InChI is InChI=1S/C18H18F4O2/c19-12-4-13(20)16(22)17(15(12)21)24-8-14(23)18-5-9-1-10(6-18)3-11(2-9)7-18/h4,9-11H,1-3,5-8H2. The predicted octanol–water partition coefficient (Wildman–Crippen LogP) is 4.41. The summed E-state index contributed by atoms with van der Waals surface area (Å²) in [6, 6.07) is 0.123. The van der Waals surface area contributed by atoms with Gasteiger partial charge in [0.25, 0.3) is 0 Å². The molecule has 1 aromatic rings. The largest absolute Gasteiger partial charge is 0.480 e. The van der Waals surface area contributed by atoms with Gasteiger partial charge in [-0.15, -0.1) is 0 Å². The van der Waals surface area contributed by atoms with Crippen molar-refractivity contribution >= 4 is 5.78 Å². The first kappa shape index (κ1) is 15.9. The molecule has 0 aromatic heterocycles. The number of ketones is 1. The second-order valence-corrected chi connectivity index (χ2v) is 7.71. The van der Waals surface area contributed by atoms with Crippen molar-refractivity contribution in [1.29, 1.82) is 0 Å². The lowest BCUT2D eigenvalue weighted by Gasteiger charge is -2.55. The molecular formula is C18H18F4O2. The Morgan fingerprint density at radius 2 is 1.42 bits per heavy atom. The first-order valence-electron chi connectivity index (χ1n) is 8.37. The summed E-state index contributed by atoms with van der Waals surface area (Å²) < 4.78 is 58.6. The summed E-state index contributed by atoms with van der Waals surface area (Å²) in [5.41, 5.74) is -0.479. The van der Waals surface area contributed by atoms with Crippen LogP contribution in [0.3, 0.4) is 0 Å². The van der Waals surface area contributed by atoms with Crippen LogP contribution in [-0.2, 0) is 4.79 Å². The van der Waals surface area contributed by atoms with Crippen LogP contribution in [0.1, 0.15) is 38.5 Å². The summed E-state index contributed by atoms with van der Waals surface area (Å²) in [7, 11) is 0. The minimum absolute atomic E-state index is 0.123. The number of halogens is 4. The van der Waals surface area contributed by atoms with Crippen molar-refractivity contribution in [1.82, 2.24) is 0 Å². The first-order chi connectivity index (χ1) is 11.4. The second kappa shape index (κ2) is 5.46. The molecule has 0 aliphatic heterocycles. The molecule has 4 fully saturated rings. The molecule has 0 unspecified atom stereocenters. The van der Waals surface area contributed by atoms with E-state index in [9.17, 15) is 22.4 Å². The number of rotatable bonds is 4. The van der Waals surface area contributed by atoms with Crippen molar-refractivity contribution in [3.8, 4) is 5.75 Å². The Kier molecular flexibility index (Phi) is 3.62. The van der Waals surface area contributed by atoms with Crippen molar-refractivity contribution in [2.24, 2.45) is 23.2 Å². The Bertz CT molecular complexity index is 639. The number of Topliss-reactive ketones (excluding diaryl/α,β-unsaturated/α-hetero) is 1. The average Bonchev–Trinajstić information content (AvgIpc) is 2.51. The monoisotopic (exact) mass is 342 g/mol. The molecule has 4 aliphatic carbocycles. The summed E-state index contributed by atoms with van der Waals surface area (Å²) in [5.74, 6) is -6.01. The van der Waals surface area contributed by atoms with Gasteiger partial charge in [-0.05, 0) is 56.3 Å². The summed E-state index contributed by atoms with van der Waals surface area (Å²) in [4.78, 5) is 12.7. The van der Waals surface area contributed by atoms with E-state index in [1.165, 1.54) is 0 Å². The molecule has 1 aromatic carbocycles. The maximum absolute atomic E-state index is 13.6. The summed E-state index contributed by atoms with van der Waals surface area (Å²) >= 11 is 0. The van der Waals surface area contributed by atoms with Gasteiger partial charge in [0.1, 0.15) is 6.61 Å². The molecule has 130 valence electrons. The van der Waals surface area contributed by atoms with Gasteiger partial charge in [0, 0.05) is 11.5 Å². The molecule has 4 saturated carbocycles. The quantitative estimate of drug-likeness (QED) is 0.599. The fourth-order valence-electron chi connectivity index (χ4n) is 5.42. The van der Waals surface area contributed by atoms with Crippen LogP contribution in [0.5, 0.6) is 5.75 Å². The molecule has 24 heavy (non-hydrogen) atoms. The molecule has 0 radical (unpaired) electrons. The third kappa shape index (κ3) is 2.42. The average molecular weight is 342 g/mol. The van der Waals surface area contributed by atoms with Crippen LogP contribution in [0.2, 0.25) is 0 Å². The predicted molar refractivity (Wildman–Crippen MR) is 77.4 cm³/mol. The molecule has 0 saturated heterocycles. The molecule has 4 bridgehead atoms. The molecule has 0 atom stereocenters. The van der Waals surface area contributed by atoms with Crippen molar-refractivity contribution in [2.45, 2.75) is 38.5 Å². The molecule has 2 nitrogen and oxygen atoms in total. The molecule has 4 aliphatic rings. The third-order valence-corrected chi connectivity index (χ3v) is 6.05. The van der Waals surface area contributed by atoms with Crippen LogP contribution < -0.4 is 4.74 Å². The van der Waals surface area contributed by atoms with Crippen LogP contribution in [0.15, 0.2) is 6.07 Å². The molecule has 0 amide bonds. The van der Waals surface area contributed by atoms with Crippen molar-refractivity contribution in [3.05, 3.63) is 29.3 Å². The van der Waals surface area contributed by atoms with Gasteiger partial charge >= 0.3 is 0 Å². The number of carbonyl (C=O) groups excluding carboxylic acids is 1. The third-order valence-electron chi connectivity index (χ3n) is 6.05. The van der Waals surface area contributed by atoms with E-state index in [4.69, 9.17) is 4.74 Å². The van der Waals surface area contributed by atoms with Crippen molar-refractivity contribution in [3.63, 3.8) is 0 Å². The summed E-state index contributed by atoms with van der Waals surface area (Å²) in [5, 5.41) is 0. The van der Waals surface area contributed by atoms with Gasteiger partial charge in [-0.1, -0.05) is 0 Å². The highest BCUT2D eigenvalue weighted by Gasteiger charge is 2.54. The van der Waals surface area contributed by atoms with Gasteiger partial charge in [-0.25, -0.2) is 8.78 Å². The topological polar surface area (TPSA) is 26.3 Å². The fourth-order valence-corrected chi connectivity index (χ4v) is 5.42. The fraction of sp³-hybridized carbons (Fsp3) is 0.611. The van der Waals surface area contributed by atoms with Crippen LogP contribution >= 0.6 is 0 Å². The van der Waals surface area contributed by atoms with E-state index in [0.717, 1.165) is 38.5 Å². The molecule has 0 N–H and O–H groups in total. The van der Waals surface area contributed by atoms with Crippen LogP contribution in [0.25, 0.3) is 0 Å². The van der Waals surface area contributed by atoms with Crippen LogP contribution in [0.4, 0.5) is 17.6 Å². The molecule has 6 heteroatoms. The minimum Gasteiger partial charge on any atom is -0.480 e. The first-order valence-corrected chi connectivity index (χ1v) is 8.37. The lowest BCUT2D eigenvalue weighted by molar-refractivity contribution is -0.146. The van der Waals surface area contributed by atoms with E-state index in [1.54, 1.807) is 0 Å². The van der Waals surface area contributed by atoms with E-state index < -0.39 is 41.0 Å². The highest BCUT2D eigenvalue weighted by atomic mass is 19.2. The van der Waals surface area contributed by atoms with Crippen molar-refractivity contribution < 1.29 is 27.1 Å². The molecule has 0 heterocycles. The van der Waals surface area contributed by atoms with Crippen molar-refractivity contribution in [2.75, 3.05) is 6.61 Å². The number of benzene rings is 1. The molecule has 5 rings (SSSR count). The van der Waals surface area contributed by atoms with Gasteiger partial charge in [0.15, 0.2) is 23.2 Å². The van der Waals surface area contributed by atoms with E-state index in [2.05, 4.69) is 0 Å². The zero-order valence-electron chi connectivity index (χ0n) is 13.1. The highest BCUT2D eigenvalue weighted by Crippen LogP contribution is 2.60. The smallest absolute Gasteiger partial charge is 0.203 e. The van der Waals surface area contributed by atoms with Crippen LogP contribution in [0, 0.1) is 46.4 Å². The summed E-state index contributed by atoms with van der Waals surface area (Å²) in [6.07, 6.45) is 5.86. The zero-order chi connectivity index (χ0) is 17.1. The van der Waals surface area contributed by atoms with E-state index in [-0.39, 0.29) is 11.8 Å². The van der Waals surface area contributed by atoms with Gasteiger partial charge in [-0.2, -0.15) is 8.78 Å². The molecular weight excluding hydrogens is 324 g/mol. The van der Waals surface area contributed by atoms with Gasteiger partial charge < -0.3 is 4.74 Å². The highest BCUT2D eigenvalue weighted by molar-refractivity contribution is 5.86. The second-order valence-electron chi connectivity index (χ2n) is 7.71. The van der Waals surface area contributed by atoms with Gasteiger partial charge in [-0.3, -0.25) is 4.79 Å². The number of hydrogen-bond donors (Lipinski definition) is 0. The van der Waals surface area contributed by atoms with E-state index in [0.29, 0.717) is 17.8 Å². The Balaban J connectivity index is 1.52. The van der Waals surface area contributed by atoms with E-state index in [1.807, 2.05) is 0 Å². The van der Waals surface area contributed by atoms with Gasteiger partial charge in [0.2, 0.25) is 11.6 Å². The summed E-state index contributed by atoms with van der Waals surface area (Å²) in [6.45, 7) is -0.553. The lowest BCUT2D eigenvalue weighted by Crippen LogP contribution is -2.51. The maximum atomic E-state index is 13.6. The van der Waals surface area contributed by atoms with Gasteiger partial charge in [0.05, 0.1) is 0 Å². The number of hydrogen-bond acceptors (Lipinski definition) is 2. The Labute approximate surface area is 137 Å². The maximum Gasteiger partial charge on any atom is 0.203 e. The SMILES string of the molecule is O=C(COc1c(F)c(F)cc(F)c1F)C12CC3CC(CC(C3)C1)C2. The Hall–Kier alpha value is -1.59. The van der Waals surface area contributed by atoms with Crippen LogP contribution in [-0.4, -0.2) is 12.4 Å². The number of carbonyl (C=O) groups is 1. The Morgan fingerprint density at radius 1 is 0.958 bits per heavy atom. The Morgan fingerprint density at radius 3 is 1.88 bits per heavy atom. The minimum atomic E-state index is -1.60. The molecule has 0 spiro atoms. The zero-order valence-corrected chi connectivity index (χ0v) is 13.1. The normalized spacial score (nSPS) is 33.8. The van der Waals surface area contributed by atoms with E-state index >= 15 is 0 Å².